The van der Waals surface area contributed by atoms with Gasteiger partial charge in [-0.2, -0.15) is 0 Å². The number of ether oxygens (including phenoxy) is 4. The lowest BCUT2D eigenvalue weighted by Crippen LogP contribution is -2.30. The van der Waals surface area contributed by atoms with E-state index in [1.54, 1.807) is 0 Å². The van der Waals surface area contributed by atoms with E-state index in [4.69, 9.17) is 37.0 Å². The molecule has 91 heavy (non-hydrogen) atoms. The Kier molecular flexibility index (Phi) is 62.7. The number of carbonyl (C=O) groups is 4. The van der Waals surface area contributed by atoms with Crippen molar-refractivity contribution in [3.63, 3.8) is 0 Å². The van der Waals surface area contributed by atoms with Crippen LogP contribution in [0.25, 0.3) is 0 Å². The highest BCUT2D eigenvalue weighted by atomic mass is 31.2. The number of esters is 4. The van der Waals surface area contributed by atoms with Gasteiger partial charge in [0.2, 0.25) is 0 Å². The summed E-state index contributed by atoms with van der Waals surface area (Å²) in [6.07, 6.45) is 49.9. The summed E-state index contributed by atoms with van der Waals surface area (Å²) in [5.74, 6) is -0.561. The minimum atomic E-state index is -4.95. The quantitative estimate of drug-likeness (QED) is 0.0222. The van der Waals surface area contributed by atoms with Gasteiger partial charge in [-0.25, -0.2) is 9.13 Å². The second-order valence-electron chi connectivity index (χ2n) is 26.7. The smallest absolute Gasteiger partial charge is 0.462 e. The topological polar surface area (TPSA) is 237 Å². The fraction of sp³-hybridized carbons (Fsp3) is 0.944. The predicted octanol–water partition coefficient (Wildman–Crippen LogP) is 20.8. The average molecular weight is 1340 g/mol. The maximum atomic E-state index is 13.0. The second-order valence-corrected chi connectivity index (χ2v) is 29.6. The lowest BCUT2D eigenvalue weighted by molar-refractivity contribution is -0.161. The van der Waals surface area contributed by atoms with Crippen LogP contribution in [0.3, 0.4) is 0 Å². The molecule has 0 rings (SSSR count). The minimum absolute atomic E-state index is 0.106. The third-order valence-electron chi connectivity index (χ3n) is 17.1. The zero-order chi connectivity index (χ0) is 67.2. The number of aliphatic hydroxyl groups excluding tert-OH is 1. The Hall–Kier alpha value is -1.94. The van der Waals surface area contributed by atoms with E-state index in [-0.39, 0.29) is 25.7 Å². The van der Waals surface area contributed by atoms with Crippen molar-refractivity contribution in [3.05, 3.63) is 0 Å². The van der Waals surface area contributed by atoms with E-state index in [1.807, 2.05) is 0 Å². The van der Waals surface area contributed by atoms with Gasteiger partial charge in [-0.15, -0.1) is 0 Å². The summed E-state index contributed by atoms with van der Waals surface area (Å²) in [7, 11) is -9.90. The molecule has 540 valence electrons. The van der Waals surface area contributed by atoms with E-state index in [0.29, 0.717) is 25.7 Å². The first-order valence-corrected chi connectivity index (χ1v) is 40.5. The van der Waals surface area contributed by atoms with Crippen LogP contribution in [0.15, 0.2) is 0 Å². The zero-order valence-electron chi connectivity index (χ0n) is 59.1. The standard InChI is InChI=1S/C72H140O17P2/c1-7-10-12-14-16-18-19-20-21-22-23-24-32-38-44-50-56-71(76)89-68(61-83-70(75)55-49-43-37-31-28-26-30-35-41-47-53-65(6)9-3)63-87-91(80,81)85-59-66(73)58-84-90(78,79)86-62-67(60-82-69(74)54-48-42-36-17-15-13-11-8-2)88-72(77)57-51-45-39-33-27-25-29-34-40-46-52-64(4)5/h64-68,73H,7-63H2,1-6H3,(H,78,79)(H,80,81)/t65?,66-,67+,68+/m0/s1. The predicted molar refractivity (Wildman–Crippen MR) is 368 cm³/mol. The van der Waals surface area contributed by atoms with Gasteiger partial charge in [-0.3, -0.25) is 37.3 Å². The Bertz CT molecular complexity index is 1770. The molecule has 0 aliphatic carbocycles. The van der Waals surface area contributed by atoms with E-state index < -0.39 is 97.5 Å². The number of unbranched alkanes of at least 4 members (excludes halogenated alkanes) is 40. The van der Waals surface area contributed by atoms with Gasteiger partial charge < -0.3 is 33.8 Å². The van der Waals surface area contributed by atoms with Crippen molar-refractivity contribution in [2.24, 2.45) is 11.8 Å². The van der Waals surface area contributed by atoms with Crippen LogP contribution in [0.2, 0.25) is 0 Å². The molecule has 0 fully saturated rings. The number of hydrogen-bond acceptors (Lipinski definition) is 15. The van der Waals surface area contributed by atoms with Gasteiger partial charge in [0.05, 0.1) is 26.4 Å². The van der Waals surface area contributed by atoms with Crippen molar-refractivity contribution >= 4 is 39.5 Å². The molecule has 0 aromatic carbocycles. The molecule has 0 heterocycles. The molecule has 0 amide bonds. The van der Waals surface area contributed by atoms with Crippen molar-refractivity contribution in [3.8, 4) is 0 Å². The van der Waals surface area contributed by atoms with Gasteiger partial charge in [-0.1, -0.05) is 318 Å². The van der Waals surface area contributed by atoms with Gasteiger partial charge in [-0.05, 0) is 37.5 Å². The minimum Gasteiger partial charge on any atom is -0.462 e. The maximum absolute atomic E-state index is 13.0. The first kappa shape index (κ1) is 89.1. The molecule has 0 saturated carbocycles. The Morgan fingerprint density at radius 2 is 0.560 bits per heavy atom. The summed E-state index contributed by atoms with van der Waals surface area (Å²) >= 11 is 0. The molecule has 3 unspecified atom stereocenters. The molecular weight excluding hydrogens is 1200 g/mol. The van der Waals surface area contributed by atoms with Crippen LogP contribution >= 0.6 is 15.6 Å². The van der Waals surface area contributed by atoms with Gasteiger partial charge in [0.25, 0.3) is 0 Å². The lowest BCUT2D eigenvalue weighted by Gasteiger charge is -2.21. The van der Waals surface area contributed by atoms with Gasteiger partial charge in [0.1, 0.15) is 19.3 Å². The van der Waals surface area contributed by atoms with Gasteiger partial charge in [0.15, 0.2) is 12.2 Å². The maximum Gasteiger partial charge on any atom is 0.472 e. The number of phosphoric ester groups is 2. The van der Waals surface area contributed by atoms with Crippen LogP contribution in [0.1, 0.15) is 369 Å². The van der Waals surface area contributed by atoms with Gasteiger partial charge >= 0.3 is 39.5 Å². The van der Waals surface area contributed by atoms with E-state index >= 15 is 0 Å². The van der Waals surface area contributed by atoms with Crippen LogP contribution in [0.4, 0.5) is 0 Å². The number of carbonyl (C=O) groups excluding carboxylic acids is 4. The van der Waals surface area contributed by atoms with Gasteiger partial charge in [0, 0.05) is 25.7 Å². The van der Waals surface area contributed by atoms with Crippen molar-refractivity contribution in [1.82, 2.24) is 0 Å². The number of hydrogen-bond donors (Lipinski definition) is 3. The monoisotopic (exact) mass is 1340 g/mol. The van der Waals surface area contributed by atoms with E-state index in [9.17, 15) is 43.2 Å². The summed E-state index contributed by atoms with van der Waals surface area (Å²) in [4.78, 5) is 72.6. The summed E-state index contributed by atoms with van der Waals surface area (Å²) < 4.78 is 68.3. The fourth-order valence-corrected chi connectivity index (χ4v) is 12.5. The molecule has 0 saturated heterocycles. The first-order chi connectivity index (χ1) is 43.9. The van der Waals surface area contributed by atoms with E-state index in [0.717, 1.165) is 108 Å². The number of rotatable bonds is 71. The molecule has 0 radical (unpaired) electrons. The molecule has 6 atom stereocenters. The van der Waals surface area contributed by atoms with Crippen LogP contribution in [-0.4, -0.2) is 96.7 Å². The van der Waals surface area contributed by atoms with Crippen molar-refractivity contribution in [2.45, 2.75) is 387 Å². The van der Waals surface area contributed by atoms with Crippen molar-refractivity contribution in [1.29, 1.82) is 0 Å². The molecule has 0 aromatic heterocycles. The fourth-order valence-electron chi connectivity index (χ4n) is 10.9. The molecule has 17 nitrogen and oxygen atoms in total. The van der Waals surface area contributed by atoms with Crippen LogP contribution in [0, 0.1) is 11.8 Å². The molecular formula is C72H140O17P2. The van der Waals surface area contributed by atoms with Crippen molar-refractivity contribution < 1.29 is 80.2 Å². The summed E-state index contributed by atoms with van der Waals surface area (Å²) in [5, 5.41) is 10.6. The SMILES string of the molecule is CCCCCCCCCCCCCCCCCCC(=O)O[C@H](COC(=O)CCCCCCCCCCCCC(C)CC)COP(=O)(O)OC[C@@H](O)COP(=O)(O)OC[C@@H](COC(=O)CCCCCCCCCC)OC(=O)CCCCCCCCCCCCC(C)C. The Morgan fingerprint density at radius 1 is 0.319 bits per heavy atom. The third-order valence-corrected chi connectivity index (χ3v) is 19.0. The van der Waals surface area contributed by atoms with Crippen LogP contribution < -0.4 is 0 Å². The van der Waals surface area contributed by atoms with Crippen LogP contribution in [0.5, 0.6) is 0 Å². The Labute approximate surface area is 556 Å². The molecule has 3 N–H and O–H groups in total. The molecule has 19 heteroatoms. The summed E-state index contributed by atoms with van der Waals surface area (Å²) in [6, 6.07) is 0. The molecule has 0 bridgehead atoms. The largest absolute Gasteiger partial charge is 0.472 e. The highest BCUT2D eigenvalue weighted by molar-refractivity contribution is 7.47. The third kappa shape index (κ3) is 65.1. The molecule has 0 aromatic rings. The average Bonchev–Trinajstić information content (AvgIpc) is 3.60. The highest BCUT2D eigenvalue weighted by Gasteiger charge is 2.30. The Morgan fingerprint density at radius 3 is 0.835 bits per heavy atom. The molecule has 0 spiro atoms. The number of aliphatic hydroxyl groups is 1. The molecule has 0 aliphatic rings. The lowest BCUT2D eigenvalue weighted by atomic mass is 9.99. The van der Waals surface area contributed by atoms with Crippen LogP contribution in [-0.2, 0) is 65.4 Å². The summed E-state index contributed by atoms with van der Waals surface area (Å²) in [6.45, 7) is 9.56. The highest BCUT2D eigenvalue weighted by Crippen LogP contribution is 2.45. The zero-order valence-corrected chi connectivity index (χ0v) is 60.9. The van der Waals surface area contributed by atoms with Crippen molar-refractivity contribution in [2.75, 3.05) is 39.6 Å². The van der Waals surface area contributed by atoms with E-state index in [1.165, 1.54) is 180 Å². The second kappa shape index (κ2) is 64.1. The summed E-state index contributed by atoms with van der Waals surface area (Å²) in [5.41, 5.74) is 0. The number of phosphoric acid groups is 2. The van der Waals surface area contributed by atoms with E-state index in [2.05, 4.69) is 41.5 Å². The Balaban J connectivity index is 5.23. The first-order valence-electron chi connectivity index (χ1n) is 37.5. The normalized spacial score (nSPS) is 14.4. The molecule has 0 aliphatic heterocycles.